The van der Waals surface area contributed by atoms with Gasteiger partial charge in [0.1, 0.15) is 6.33 Å². The van der Waals surface area contributed by atoms with Gasteiger partial charge >= 0.3 is 0 Å². The summed E-state index contributed by atoms with van der Waals surface area (Å²) in [6.45, 7) is 7.56. The van der Waals surface area contributed by atoms with Crippen LogP contribution in [0.25, 0.3) is 11.4 Å². The summed E-state index contributed by atoms with van der Waals surface area (Å²) in [7, 11) is -3.81. The second-order valence-corrected chi connectivity index (χ2v) is 11.1. The number of halogens is 1. The Hall–Kier alpha value is -2.42. The Labute approximate surface area is 193 Å². The van der Waals surface area contributed by atoms with E-state index in [0.29, 0.717) is 28.7 Å². The molecule has 1 aliphatic heterocycles. The van der Waals surface area contributed by atoms with Gasteiger partial charge in [0, 0.05) is 17.2 Å². The first-order chi connectivity index (χ1) is 15.1. The number of ether oxygens (including phenoxy) is 1. The van der Waals surface area contributed by atoms with Crippen LogP contribution in [0.2, 0.25) is 5.02 Å². The van der Waals surface area contributed by atoms with E-state index < -0.39 is 10.0 Å². The van der Waals surface area contributed by atoms with Gasteiger partial charge in [-0.05, 0) is 54.2 Å². The Morgan fingerprint density at radius 1 is 1.16 bits per heavy atom. The summed E-state index contributed by atoms with van der Waals surface area (Å²) in [6.07, 6.45) is 3.54. The SMILES string of the molecule is CC(C)(C)c1ccc(S(=O)(=O)Nc2ccc(Cl)cc2-c2nncn2C2CCCOC2)cc1. The molecule has 0 radical (unpaired) electrons. The van der Waals surface area contributed by atoms with Crippen molar-refractivity contribution in [3.05, 3.63) is 59.4 Å². The number of benzene rings is 2. The maximum absolute atomic E-state index is 13.1. The highest BCUT2D eigenvalue weighted by Crippen LogP contribution is 2.34. The zero-order valence-electron chi connectivity index (χ0n) is 18.4. The van der Waals surface area contributed by atoms with Gasteiger partial charge < -0.3 is 9.30 Å². The second kappa shape index (κ2) is 8.84. The fraction of sp³-hybridized carbons (Fsp3) is 0.391. The van der Waals surface area contributed by atoms with Crippen LogP contribution in [-0.2, 0) is 20.2 Å². The molecule has 9 heteroatoms. The molecule has 3 aromatic rings. The first kappa shape index (κ1) is 22.8. The lowest BCUT2D eigenvalue weighted by atomic mass is 9.87. The highest BCUT2D eigenvalue weighted by atomic mass is 35.5. The van der Waals surface area contributed by atoms with E-state index in [1.165, 1.54) is 0 Å². The highest BCUT2D eigenvalue weighted by molar-refractivity contribution is 7.92. The molecule has 1 unspecified atom stereocenters. The van der Waals surface area contributed by atoms with Crippen molar-refractivity contribution < 1.29 is 13.2 Å². The molecule has 0 amide bonds. The van der Waals surface area contributed by atoms with Crippen LogP contribution in [0, 0.1) is 0 Å². The van der Waals surface area contributed by atoms with Gasteiger partial charge in [-0.1, -0.05) is 44.5 Å². The first-order valence-electron chi connectivity index (χ1n) is 10.6. The molecule has 32 heavy (non-hydrogen) atoms. The van der Waals surface area contributed by atoms with Gasteiger partial charge in [-0.25, -0.2) is 8.42 Å². The fourth-order valence-corrected chi connectivity index (χ4v) is 5.03. The molecule has 1 N–H and O–H groups in total. The van der Waals surface area contributed by atoms with Crippen LogP contribution in [0.5, 0.6) is 0 Å². The molecule has 170 valence electrons. The average Bonchev–Trinajstić information content (AvgIpc) is 3.25. The molecule has 0 aliphatic carbocycles. The molecule has 2 heterocycles. The Kier molecular flexibility index (Phi) is 6.29. The highest BCUT2D eigenvalue weighted by Gasteiger charge is 2.24. The smallest absolute Gasteiger partial charge is 0.261 e. The molecule has 1 aliphatic rings. The zero-order valence-corrected chi connectivity index (χ0v) is 19.9. The lowest BCUT2D eigenvalue weighted by Crippen LogP contribution is -2.21. The third-order valence-corrected chi connectivity index (χ3v) is 7.22. The minimum Gasteiger partial charge on any atom is -0.379 e. The van der Waals surface area contributed by atoms with E-state index in [1.54, 1.807) is 36.7 Å². The van der Waals surface area contributed by atoms with Crippen molar-refractivity contribution in [3.8, 4) is 11.4 Å². The molecule has 0 saturated carbocycles. The Morgan fingerprint density at radius 3 is 2.56 bits per heavy atom. The van der Waals surface area contributed by atoms with Crippen molar-refractivity contribution in [2.75, 3.05) is 17.9 Å². The van der Waals surface area contributed by atoms with E-state index in [0.717, 1.165) is 25.0 Å². The van der Waals surface area contributed by atoms with E-state index in [4.69, 9.17) is 16.3 Å². The van der Waals surface area contributed by atoms with Crippen molar-refractivity contribution in [1.29, 1.82) is 0 Å². The average molecular weight is 475 g/mol. The lowest BCUT2D eigenvalue weighted by Gasteiger charge is -2.24. The molecule has 7 nitrogen and oxygen atoms in total. The molecule has 1 saturated heterocycles. The third kappa shape index (κ3) is 4.82. The fourth-order valence-electron chi connectivity index (χ4n) is 3.77. The number of anilines is 1. The molecular formula is C23H27ClN4O3S. The van der Waals surface area contributed by atoms with E-state index in [2.05, 4.69) is 35.7 Å². The summed E-state index contributed by atoms with van der Waals surface area (Å²) in [5.74, 6) is 0.545. The molecule has 1 aromatic heterocycles. The van der Waals surface area contributed by atoms with Crippen LogP contribution in [0.1, 0.15) is 45.2 Å². The Balaban J connectivity index is 1.68. The molecule has 4 rings (SSSR count). The van der Waals surface area contributed by atoms with Crippen molar-refractivity contribution in [1.82, 2.24) is 14.8 Å². The van der Waals surface area contributed by atoms with E-state index in [9.17, 15) is 8.42 Å². The van der Waals surface area contributed by atoms with Gasteiger partial charge in [-0.2, -0.15) is 0 Å². The minimum absolute atomic E-state index is 0.0635. The summed E-state index contributed by atoms with van der Waals surface area (Å²) < 4.78 is 36.5. The molecule has 2 aromatic carbocycles. The predicted molar refractivity (Wildman–Crippen MR) is 126 cm³/mol. The van der Waals surface area contributed by atoms with Crippen molar-refractivity contribution in [3.63, 3.8) is 0 Å². The van der Waals surface area contributed by atoms with Crippen LogP contribution in [0.4, 0.5) is 5.69 Å². The predicted octanol–water partition coefficient (Wildman–Crippen LogP) is 5.05. The summed E-state index contributed by atoms with van der Waals surface area (Å²) in [4.78, 5) is 0.188. The second-order valence-electron chi connectivity index (χ2n) is 9.00. The quantitative estimate of drug-likeness (QED) is 0.559. The minimum atomic E-state index is -3.81. The zero-order chi connectivity index (χ0) is 22.9. The molecule has 1 atom stereocenters. The summed E-state index contributed by atoms with van der Waals surface area (Å²) in [5.41, 5.74) is 1.95. The van der Waals surface area contributed by atoms with Gasteiger partial charge in [0.2, 0.25) is 0 Å². The normalized spacial score (nSPS) is 17.3. The summed E-state index contributed by atoms with van der Waals surface area (Å²) >= 11 is 6.26. The van der Waals surface area contributed by atoms with Crippen molar-refractivity contribution in [2.45, 2.75) is 50.0 Å². The van der Waals surface area contributed by atoms with Gasteiger partial charge in [-0.3, -0.25) is 4.72 Å². The molecular weight excluding hydrogens is 448 g/mol. The monoisotopic (exact) mass is 474 g/mol. The number of sulfonamides is 1. The maximum Gasteiger partial charge on any atom is 0.261 e. The number of hydrogen-bond acceptors (Lipinski definition) is 5. The summed E-state index contributed by atoms with van der Waals surface area (Å²) in [5, 5.41) is 8.82. The van der Waals surface area contributed by atoms with Crippen LogP contribution >= 0.6 is 11.6 Å². The number of hydrogen-bond donors (Lipinski definition) is 1. The van der Waals surface area contributed by atoms with Gasteiger partial charge in [-0.15, -0.1) is 10.2 Å². The van der Waals surface area contributed by atoms with Crippen LogP contribution < -0.4 is 4.72 Å². The number of aromatic nitrogens is 3. The summed E-state index contributed by atoms with van der Waals surface area (Å²) in [6, 6.07) is 12.0. The van der Waals surface area contributed by atoms with E-state index in [-0.39, 0.29) is 16.4 Å². The lowest BCUT2D eigenvalue weighted by molar-refractivity contribution is 0.0596. The topological polar surface area (TPSA) is 86.1 Å². The largest absolute Gasteiger partial charge is 0.379 e. The van der Waals surface area contributed by atoms with Gasteiger partial charge in [0.25, 0.3) is 10.0 Å². The molecule has 0 spiro atoms. The maximum atomic E-state index is 13.1. The Bertz CT molecular complexity index is 1190. The molecule has 1 fully saturated rings. The van der Waals surface area contributed by atoms with Crippen LogP contribution in [0.3, 0.4) is 0 Å². The number of rotatable bonds is 5. The van der Waals surface area contributed by atoms with E-state index >= 15 is 0 Å². The van der Waals surface area contributed by atoms with Crippen LogP contribution in [-0.4, -0.2) is 36.4 Å². The number of nitrogens with one attached hydrogen (secondary N) is 1. The molecule has 0 bridgehead atoms. The third-order valence-electron chi connectivity index (χ3n) is 5.60. The van der Waals surface area contributed by atoms with Gasteiger partial charge in [0.15, 0.2) is 5.82 Å². The van der Waals surface area contributed by atoms with Crippen LogP contribution in [0.15, 0.2) is 53.7 Å². The van der Waals surface area contributed by atoms with E-state index in [1.807, 2.05) is 16.7 Å². The first-order valence-corrected chi connectivity index (χ1v) is 12.4. The van der Waals surface area contributed by atoms with Crippen molar-refractivity contribution >= 4 is 27.3 Å². The van der Waals surface area contributed by atoms with Crippen molar-refractivity contribution in [2.24, 2.45) is 0 Å². The standard InChI is InChI=1S/C23H27ClN4O3S/c1-23(2,3)16-6-9-19(10-7-16)32(29,30)27-21-11-8-17(24)13-20(21)22-26-25-15-28(22)18-5-4-12-31-14-18/h6-11,13,15,18,27H,4-5,12,14H2,1-3H3. The van der Waals surface area contributed by atoms with Gasteiger partial charge in [0.05, 0.1) is 23.2 Å². The Morgan fingerprint density at radius 2 is 1.91 bits per heavy atom. The number of nitrogens with zero attached hydrogens (tertiary/aromatic N) is 3.